The van der Waals surface area contributed by atoms with E-state index in [-0.39, 0.29) is 6.42 Å². The molecular weight excluding hydrogens is 226 g/mol. The molecule has 0 saturated carbocycles. The van der Waals surface area contributed by atoms with Crippen LogP contribution in [0.2, 0.25) is 0 Å². The highest BCUT2D eigenvalue weighted by atomic mass is 19.4. The zero-order valence-electron chi connectivity index (χ0n) is 7.36. The fourth-order valence-electron chi connectivity index (χ4n) is 1.02. The molecule has 0 radical (unpaired) electrons. The van der Waals surface area contributed by atoms with Crippen molar-refractivity contribution >= 4 is 0 Å². The first-order valence-corrected chi connectivity index (χ1v) is 3.85. The van der Waals surface area contributed by atoms with Crippen LogP contribution in [0.15, 0.2) is 0 Å². The number of halogens is 6. The fourth-order valence-corrected chi connectivity index (χ4v) is 1.02. The maximum atomic E-state index is 12.0. The predicted octanol–water partition coefficient (Wildman–Crippen LogP) is 2.50. The Labute approximate surface area is 82.1 Å². The molecule has 0 bridgehead atoms. The predicted molar refractivity (Wildman–Crippen MR) is 39.7 cm³/mol. The molecule has 0 aromatic carbocycles. The van der Waals surface area contributed by atoms with Crippen molar-refractivity contribution in [1.29, 1.82) is 0 Å². The summed E-state index contributed by atoms with van der Waals surface area (Å²) in [6.07, 6.45) is -10.0. The third-order valence-electron chi connectivity index (χ3n) is 1.67. The molecule has 0 fully saturated rings. The number of hydrogen-bond donors (Lipinski definition) is 1. The fraction of sp³-hybridized carbons (Fsp3) is 0.750. The molecule has 1 atom stereocenters. The van der Waals surface area contributed by atoms with Crippen LogP contribution in [0, 0.1) is 18.3 Å². The van der Waals surface area contributed by atoms with Gasteiger partial charge in [0.15, 0.2) is 5.92 Å². The van der Waals surface area contributed by atoms with E-state index in [0.717, 1.165) is 0 Å². The highest BCUT2D eigenvalue weighted by Gasteiger charge is 2.59. The average Bonchev–Trinajstić information content (AvgIpc) is 1.94. The van der Waals surface area contributed by atoms with Crippen molar-refractivity contribution in [2.24, 2.45) is 5.92 Å². The van der Waals surface area contributed by atoms with E-state index in [9.17, 15) is 26.3 Å². The smallest absolute Gasteiger partial charge is 0.392 e. The molecular formula is C8H8F6O. The van der Waals surface area contributed by atoms with Gasteiger partial charge in [-0.2, -0.15) is 26.3 Å². The third-order valence-corrected chi connectivity index (χ3v) is 1.67. The summed E-state index contributed by atoms with van der Waals surface area (Å²) in [6.45, 7) is 0. The Kier molecular flexibility index (Phi) is 4.46. The SMILES string of the molecule is C#CCCC(O)C(C(F)(F)F)C(F)(F)F. The number of hydrogen-bond acceptors (Lipinski definition) is 1. The topological polar surface area (TPSA) is 20.2 Å². The van der Waals surface area contributed by atoms with E-state index in [2.05, 4.69) is 6.42 Å². The van der Waals surface area contributed by atoms with Crippen LogP contribution < -0.4 is 0 Å². The molecule has 7 heteroatoms. The number of rotatable bonds is 3. The van der Waals surface area contributed by atoms with Crippen LogP contribution in [0.4, 0.5) is 26.3 Å². The molecule has 0 spiro atoms. The first-order valence-electron chi connectivity index (χ1n) is 3.85. The molecule has 0 amide bonds. The van der Waals surface area contributed by atoms with E-state index in [1.165, 1.54) is 0 Å². The lowest BCUT2D eigenvalue weighted by Crippen LogP contribution is -2.44. The quantitative estimate of drug-likeness (QED) is 0.587. The van der Waals surface area contributed by atoms with E-state index in [1.807, 2.05) is 5.92 Å². The van der Waals surface area contributed by atoms with Gasteiger partial charge in [-0.1, -0.05) is 0 Å². The van der Waals surface area contributed by atoms with Crippen molar-refractivity contribution < 1.29 is 31.4 Å². The number of aliphatic hydroxyl groups excluding tert-OH is 1. The minimum Gasteiger partial charge on any atom is -0.392 e. The second kappa shape index (κ2) is 4.75. The molecule has 0 aromatic heterocycles. The van der Waals surface area contributed by atoms with Crippen LogP contribution in [0.5, 0.6) is 0 Å². The molecule has 1 nitrogen and oxygen atoms in total. The Balaban J connectivity index is 4.74. The molecule has 0 aromatic rings. The normalized spacial score (nSPS) is 15.1. The summed E-state index contributed by atoms with van der Waals surface area (Å²) in [6, 6.07) is 0. The molecule has 1 N–H and O–H groups in total. The minimum atomic E-state index is -5.52. The summed E-state index contributed by atoms with van der Waals surface area (Å²) in [4.78, 5) is 0. The van der Waals surface area contributed by atoms with Crippen molar-refractivity contribution in [1.82, 2.24) is 0 Å². The molecule has 0 heterocycles. The van der Waals surface area contributed by atoms with E-state index in [0.29, 0.717) is 0 Å². The molecule has 88 valence electrons. The maximum Gasteiger partial charge on any atom is 0.403 e. The molecule has 0 aliphatic rings. The summed E-state index contributed by atoms with van der Waals surface area (Å²) in [7, 11) is 0. The van der Waals surface area contributed by atoms with Crippen LogP contribution in [0.3, 0.4) is 0 Å². The Hall–Kier alpha value is -0.900. The average molecular weight is 234 g/mol. The van der Waals surface area contributed by atoms with Gasteiger partial charge in [0.1, 0.15) is 0 Å². The van der Waals surface area contributed by atoms with Gasteiger partial charge in [-0.3, -0.25) is 0 Å². The summed E-state index contributed by atoms with van der Waals surface area (Å²) in [5.74, 6) is -1.88. The monoisotopic (exact) mass is 234 g/mol. The molecule has 1 unspecified atom stereocenters. The van der Waals surface area contributed by atoms with Gasteiger partial charge in [0.2, 0.25) is 0 Å². The minimum absolute atomic E-state index is 0.343. The van der Waals surface area contributed by atoms with Gasteiger partial charge in [0, 0.05) is 6.42 Å². The van der Waals surface area contributed by atoms with Crippen molar-refractivity contribution in [2.45, 2.75) is 31.3 Å². The van der Waals surface area contributed by atoms with Crippen molar-refractivity contribution in [3.05, 3.63) is 0 Å². The van der Waals surface area contributed by atoms with Gasteiger partial charge >= 0.3 is 12.4 Å². The summed E-state index contributed by atoms with van der Waals surface area (Å²) < 4.78 is 71.8. The molecule has 0 aliphatic carbocycles. The number of alkyl halides is 6. The van der Waals surface area contributed by atoms with Crippen LogP contribution in [-0.4, -0.2) is 23.6 Å². The van der Waals surface area contributed by atoms with Crippen LogP contribution >= 0.6 is 0 Å². The van der Waals surface area contributed by atoms with E-state index >= 15 is 0 Å². The first kappa shape index (κ1) is 14.1. The maximum absolute atomic E-state index is 12.0. The van der Waals surface area contributed by atoms with Gasteiger partial charge in [-0.15, -0.1) is 12.3 Å². The largest absolute Gasteiger partial charge is 0.403 e. The lowest BCUT2D eigenvalue weighted by atomic mass is 9.97. The van der Waals surface area contributed by atoms with Gasteiger partial charge in [-0.05, 0) is 6.42 Å². The van der Waals surface area contributed by atoms with Crippen molar-refractivity contribution in [3.8, 4) is 12.3 Å². The Morgan fingerprint density at radius 3 is 1.73 bits per heavy atom. The van der Waals surface area contributed by atoms with Crippen LogP contribution in [-0.2, 0) is 0 Å². The highest BCUT2D eigenvalue weighted by Crippen LogP contribution is 2.42. The van der Waals surface area contributed by atoms with Gasteiger partial charge in [0.05, 0.1) is 6.10 Å². The van der Waals surface area contributed by atoms with E-state index in [4.69, 9.17) is 5.11 Å². The molecule has 0 aliphatic heterocycles. The van der Waals surface area contributed by atoms with E-state index < -0.39 is 30.8 Å². The van der Waals surface area contributed by atoms with Gasteiger partial charge < -0.3 is 5.11 Å². The zero-order chi connectivity index (χ0) is 12.3. The highest BCUT2D eigenvalue weighted by molar-refractivity contribution is 4.88. The molecule has 0 saturated heterocycles. The third kappa shape index (κ3) is 4.42. The first-order chi connectivity index (χ1) is 6.60. The molecule has 0 rings (SSSR count). The zero-order valence-corrected chi connectivity index (χ0v) is 7.36. The standard InChI is InChI=1S/C8H8F6O/c1-2-3-4-5(15)6(7(9,10)11)8(12,13)14/h1,5-6,15H,3-4H2. The molecule has 15 heavy (non-hydrogen) atoms. The lowest BCUT2D eigenvalue weighted by Gasteiger charge is -2.26. The summed E-state index contributed by atoms with van der Waals surface area (Å²) >= 11 is 0. The van der Waals surface area contributed by atoms with Gasteiger partial charge in [-0.25, -0.2) is 0 Å². The second-order valence-corrected chi connectivity index (χ2v) is 2.87. The van der Waals surface area contributed by atoms with Gasteiger partial charge in [0.25, 0.3) is 0 Å². The second-order valence-electron chi connectivity index (χ2n) is 2.87. The Morgan fingerprint density at radius 1 is 1.07 bits per heavy atom. The van der Waals surface area contributed by atoms with E-state index in [1.54, 1.807) is 0 Å². The van der Waals surface area contributed by atoms with Crippen molar-refractivity contribution in [2.75, 3.05) is 0 Å². The number of aliphatic hydroxyl groups is 1. The number of terminal acetylenes is 1. The Morgan fingerprint density at radius 2 is 1.47 bits per heavy atom. The summed E-state index contributed by atoms with van der Waals surface area (Å²) in [5, 5.41) is 8.78. The Bertz CT molecular complexity index is 221. The summed E-state index contributed by atoms with van der Waals surface area (Å²) in [5.41, 5.74) is 0. The lowest BCUT2D eigenvalue weighted by molar-refractivity contribution is -0.306. The van der Waals surface area contributed by atoms with Crippen molar-refractivity contribution in [3.63, 3.8) is 0 Å². The van der Waals surface area contributed by atoms with Crippen LogP contribution in [0.25, 0.3) is 0 Å². The van der Waals surface area contributed by atoms with Crippen LogP contribution in [0.1, 0.15) is 12.8 Å².